The predicted octanol–water partition coefficient (Wildman–Crippen LogP) is 5.66. The van der Waals surface area contributed by atoms with Gasteiger partial charge >= 0.3 is 0 Å². The van der Waals surface area contributed by atoms with E-state index in [2.05, 4.69) is 26.0 Å². The molecule has 8 heteroatoms. The summed E-state index contributed by atoms with van der Waals surface area (Å²) in [6.07, 6.45) is -0.180. The highest BCUT2D eigenvalue weighted by Crippen LogP contribution is 2.23. The molecule has 3 rings (SSSR count). The lowest BCUT2D eigenvalue weighted by Gasteiger charge is -2.19. The van der Waals surface area contributed by atoms with Crippen LogP contribution in [0.15, 0.2) is 76.1 Å². The van der Waals surface area contributed by atoms with Gasteiger partial charge in [-0.1, -0.05) is 35.0 Å². The summed E-state index contributed by atoms with van der Waals surface area (Å²) in [6, 6.07) is 18.7. The van der Waals surface area contributed by atoms with Crippen LogP contribution in [0, 0.1) is 13.8 Å². The summed E-state index contributed by atoms with van der Waals surface area (Å²) in [6.45, 7) is 5.77. The van der Waals surface area contributed by atoms with Crippen LogP contribution < -0.4 is 14.8 Å². The molecule has 1 atom stereocenters. The van der Waals surface area contributed by atoms with Crippen molar-refractivity contribution in [3.05, 3.63) is 82.3 Å². The van der Waals surface area contributed by atoms with Crippen molar-refractivity contribution < 1.29 is 17.9 Å². The molecule has 3 aromatic carbocycles. The first kappa shape index (κ1) is 23.8. The van der Waals surface area contributed by atoms with Crippen LogP contribution >= 0.6 is 15.9 Å². The highest BCUT2D eigenvalue weighted by Gasteiger charge is 2.20. The summed E-state index contributed by atoms with van der Waals surface area (Å²) in [5.41, 5.74) is 2.95. The fourth-order valence-corrected chi connectivity index (χ4v) is 4.30. The molecule has 32 heavy (non-hydrogen) atoms. The third-order valence-electron chi connectivity index (χ3n) is 4.80. The van der Waals surface area contributed by atoms with Gasteiger partial charge in [-0.2, -0.15) is 0 Å². The number of benzene rings is 3. The van der Waals surface area contributed by atoms with Gasteiger partial charge < -0.3 is 10.1 Å². The van der Waals surface area contributed by atoms with Crippen molar-refractivity contribution in [2.24, 2.45) is 0 Å². The maximum Gasteiger partial charge on any atom is 0.265 e. The lowest BCUT2D eigenvalue weighted by atomic mass is 10.1. The molecule has 0 aromatic heterocycles. The Labute approximate surface area is 197 Å². The number of rotatable bonds is 8. The summed E-state index contributed by atoms with van der Waals surface area (Å²) in [5.74, 6) is 0.379. The highest BCUT2D eigenvalue weighted by molar-refractivity contribution is 9.10. The van der Waals surface area contributed by atoms with Gasteiger partial charge in [-0.25, -0.2) is 8.42 Å². The van der Waals surface area contributed by atoms with Crippen molar-refractivity contribution >= 4 is 43.2 Å². The Kier molecular flexibility index (Phi) is 7.58. The van der Waals surface area contributed by atoms with Gasteiger partial charge in [-0.05, 0) is 86.0 Å². The quantitative estimate of drug-likeness (QED) is 0.404. The molecule has 0 bridgehead atoms. The Bertz CT molecular complexity index is 1190. The standard InChI is InChI=1S/C24H25BrN2O4S/c1-4-22(31-23-15-16(2)5-6-17(23)3)24(28)26-19-11-13-21(14-12-19)32(29,30)27-20-9-7-18(25)8-10-20/h5-15,22,27H,4H2,1-3H3,(H,26,28)/t22-/m0/s1. The van der Waals surface area contributed by atoms with E-state index in [1.165, 1.54) is 12.1 Å². The van der Waals surface area contributed by atoms with Gasteiger partial charge in [0.05, 0.1) is 4.90 Å². The van der Waals surface area contributed by atoms with E-state index in [0.29, 0.717) is 23.5 Å². The number of amides is 1. The van der Waals surface area contributed by atoms with Gasteiger partial charge in [0.25, 0.3) is 15.9 Å². The van der Waals surface area contributed by atoms with Crippen LogP contribution in [-0.2, 0) is 14.8 Å². The Morgan fingerprint density at radius 1 is 0.969 bits per heavy atom. The van der Waals surface area contributed by atoms with Gasteiger partial charge in [0.15, 0.2) is 6.10 Å². The summed E-state index contributed by atoms with van der Waals surface area (Å²) in [5, 5.41) is 2.80. The summed E-state index contributed by atoms with van der Waals surface area (Å²) >= 11 is 3.32. The normalized spacial score (nSPS) is 12.1. The zero-order valence-electron chi connectivity index (χ0n) is 18.1. The monoisotopic (exact) mass is 516 g/mol. The van der Waals surface area contributed by atoms with Crippen molar-refractivity contribution in [2.45, 2.75) is 38.2 Å². The first-order chi connectivity index (χ1) is 15.2. The number of anilines is 2. The number of nitrogens with one attached hydrogen (secondary N) is 2. The molecule has 1 amide bonds. The molecule has 0 fully saturated rings. The summed E-state index contributed by atoms with van der Waals surface area (Å²) < 4.78 is 34.5. The minimum Gasteiger partial charge on any atom is -0.480 e. The van der Waals surface area contributed by atoms with Crippen molar-refractivity contribution in [3.8, 4) is 5.75 Å². The van der Waals surface area contributed by atoms with Crippen LogP contribution in [0.3, 0.4) is 0 Å². The molecule has 0 radical (unpaired) electrons. The minimum atomic E-state index is -3.74. The van der Waals surface area contributed by atoms with Crippen LogP contribution in [0.5, 0.6) is 5.75 Å². The Hall–Kier alpha value is -2.84. The SMILES string of the molecule is CC[C@H](Oc1cc(C)ccc1C)C(=O)Nc1ccc(S(=O)(=O)Nc2ccc(Br)cc2)cc1. The fourth-order valence-electron chi connectivity index (χ4n) is 2.98. The molecule has 0 heterocycles. The average molecular weight is 517 g/mol. The molecular formula is C24H25BrN2O4S. The second-order valence-corrected chi connectivity index (χ2v) is 10.0. The van der Waals surface area contributed by atoms with E-state index >= 15 is 0 Å². The molecule has 0 aliphatic carbocycles. The smallest absolute Gasteiger partial charge is 0.265 e. The van der Waals surface area contributed by atoms with E-state index in [0.717, 1.165) is 15.6 Å². The number of hydrogen-bond acceptors (Lipinski definition) is 4. The molecule has 0 unspecified atom stereocenters. The topological polar surface area (TPSA) is 84.5 Å². The molecule has 0 aliphatic rings. The third kappa shape index (κ3) is 6.11. The van der Waals surface area contributed by atoms with Crippen LogP contribution in [-0.4, -0.2) is 20.4 Å². The van der Waals surface area contributed by atoms with Gasteiger partial charge in [0.1, 0.15) is 5.75 Å². The summed E-state index contributed by atoms with van der Waals surface area (Å²) in [7, 11) is -3.74. The number of sulfonamides is 1. The Morgan fingerprint density at radius 3 is 2.22 bits per heavy atom. The van der Waals surface area contributed by atoms with Crippen molar-refractivity contribution in [2.75, 3.05) is 10.0 Å². The number of aryl methyl sites for hydroxylation is 2. The van der Waals surface area contributed by atoms with E-state index in [1.807, 2.05) is 39.0 Å². The molecule has 0 spiro atoms. The number of halogens is 1. The molecule has 0 aliphatic heterocycles. The van der Waals surface area contributed by atoms with Crippen LogP contribution in [0.25, 0.3) is 0 Å². The second kappa shape index (κ2) is 10.2. The molecule has 6 nitrogen and oxygen atoms in total. The number of carbonyl (C=O) groups excluding carboxylic acids is 1. The zero-order valence-corrected chi connectivity index (χ0v) is 20.5. The van der Waals surface area contributed by atoms with E-state index in [-0.39, 0.29) is 10.8 Å². The van der Waals surface area contributed by atoms with Crippen LogP contribution in [0.4, 0.5) is 11.4 Å². The lowest BCUT2D eigenvalue weighted by Crippen LogP contribution is -2.32. The first-order valence-corrected chi connectivity index (χ1v) is 12.4. The Balaban J connectivity index is 1.67. The lowest BCUT2D eigenvalue weighted by molar-refractivity contribution is -0.122. The van der Waals surface area contributed by atoms with Gasteiger partial charge in [0.2, 0.25) is 0 Å². The molecular weight excluding hydrogens is 492 g/mol. The van der Waals surface area contributed by atoms with Gasteiger partial charge in [-0.3, -0.25) is 9.52 Å². The largest absolute Gasteiger partial charge is 0.480 e. The zero-order chi connectivity index (χ0) is 23.3. The third-order valence-corrected chi connectivity index (χ3v) is 6.73. The predicted molar refractivity (Wildman–Crippen MR) is 131 cm³/mol. The van der Waals surface area contributed by atoms with Gasteiger partial charge in [0, 0.05) is 15.8 Å². The fraction of sp³-hybridized carbons (Fsp3) is 0.208. The van der Waals surface area contributed by atoms with Crippen molar-refractivity contribution in [3.63, 3.8) is 0 Å². The molecule has 0 saturated carbocycles. The van der Waals surface area contributed by atoms with Crippen LogP contribution in [0.2, 0.25) is 0 Å². The molecule has 0 saturated heterocycles. The summed E-state index contributed by atoms with van der Waals surface area (Å²) in [4.78, 5) is 12.8. The Morgan fingerprint density at radius 2 is 1.59 bits per heavy atom. The van der Waals surface area contributed by atoms with Crippen molar-refractivity contribution in [1.82, 2.24) is 0 Å². The first-order valence-electron chi connectivity index (χ1n) is 10.1. The minimum absolute atomic E-state index is 0.0945. The van der Waals surface area contributed by atoms with E-state index in [1.54, 1.807) is 36.4 Å². The molecule has 2 N–H and O–H groups in total. The van der Waals surface area contributed by atoms with E-state index in [9.17, 15) is 13.2 Å². The average Bonchev–Trinajstić information content (AvgIpc) is 2.76. The molecule has 168 valence electrons. The van der Waals surface area contributed by atoms with Crippen molar-refractivity contribution in [1.29, 1.82) is 0 Å². The molecule has 3 aromatic rings. The van der Waals surface area contributed by atoms with Gasteiger partial charge in [-0.15, -0.1) is 0 Å². The van der Waals surface area contributed by atoms with Crippen LogP contribution in [0.1, 0.15) is 24.5 Å². The maximum absolute atomic E-state index is 12.7. The number of carbonyl (C=O) groups is 1. The second-order valence-electron chi connectivity index (χ2n) is 7.41. The maximum atomic E-state index is 12.7. The van der Waals surface area contributed by atoms with E-state index < -0.39 is 16.1 Å². The number of hydrogen-bond donors (Lipinski definition) is 2. The number of ether oxygens (including phenoxy) is 1. The van der Waals surface area contributed by atoms with E-state index in [4.69, 9.17) is 4.74 Å². The highest BCUT2D eigenvalue weighted by atomic mass is 79.9.